The maximum Gasteiger partial charge on any atom is 0.459 e. The van der Waals surface area contributed by atoms with Crippen molar-refractivity contribution in [2.24, 2.45) is 11.1 Å². The molecule has 1 aliphatic rings. The Bertz CT molecular complexity index is 291. The highest BCUT2D eigenvalue weighted by molar-refractivity contribution is 5.05. The molecule has 0 aromatic carbocycles. The third kappa shape index (κ3) is 2.08. The average Bonchev–Trinajstić information content (AvgIpc) is 2.28. The normalized spacial score (nSPS) is 22.0. The maximum absolute atomic E-state index is 13.7. The summed E-state index contributed by atoms with van der Waals surface area (Å²) in [5, 5.41) is 0. The van der Waals surface area contributed by atoms with Crippen molar-refractivity contribution in [3.05, 3.63) is 0 Å². The molecule has 0 saturated heterocycles. The molecule has 1 rings (SSSR count). The van der Waals surface area contributed by atoms with Gasteiger partial charge in [0.2, 0.25) is 0 Å². The van der Waals surface area contributed by atoms with Crippen LogP contribution in [0.2, 0.25) is 0 Å². The summed E-state index contributed by atoms with van der Waals surface area (Å²) in [6.07, 6.45) is -6.21. The van der Waals surface area contributed by atoms with Crippen molar-refractivity contribution in [1.29, 1.82) is 0 Å². The van der Waals surface area contributed by atoms with Crippen LogP contribution in [0.3, 0.4) is 0 Å². The zero-order valence-corrected chi connectivity index (χ0v) is 9.47. The Labute approximate surface area is 99.5 Å². The predicted molar refractivity (Wildman–Crippen MR) is 50.5 cm³/mol. The summed E-state index contributed by atoms with van der Waals surface area (Å²) in [4.78, 5) is 0. The molecule has 0 aromatic rings. The van der Waals surface area contributed by atoms with Crippen molar-refractivity contribution in [3.63, 3.8) is 0 Å². The van der Waals surface area contributed by atoms with Crippen LogP contribution in [0.15, 0.2) is 0 Å². The van der Waals surface area contributed by atoms with Crippen LogP contribution >= 0.6 is 0 Å². The van der Waals surface area contributed by atoms with Crippen LogP contribution in [-0.4, -0.2) is 24.6 Å². The van der Waals surface area contributed by atoms with E-state index in [0.717, 1.165) is 0 Å². The summed E-state index contributed by atoms with van der Waals surface area (Å²) in [5.74, 6) is -11.2. The van der Waals surface area contributed by atoms with Crippen LogP contribution in [0.25, 0.3) is 0 Å². The number of halogens is 7. The molecule has 1 nitrogen and oxygen atoms in total. The van der Waals surface area contributed by atoms with Gasteiger partial charge < -0.3 is 5.73 Å². The van der Waals surface area contributed by atoms with Gasteiger partial charge in [-0.2, -0.15) is 30.7 Å². The minimum atomic E-state index is -6.28. The van der Waals surface area contributed by atoms with Crippen molar-refractivity contribution in [2.45, 2.75) is 50.1 Å². The summed E-state index contributed by atoms with van der Waals surface area (Å²) in [5.41, 5.74) is 2.62. The Hall–Kier alpha value is -0.530. The molecule has 0 aliphatic heterocycles. The second kappa shape index (κ2) is 4.54. The van der Waals surface area contributed by atoms with E-state index >= 15 is 0 Å². The van der Waals surface area contributed by atoms with Gasteiger partial charge in [0, 0.05) is 6.54 Å². The Morgan fingerprint density at radius 1 is 0.833 bits per heavy atom. The molecule has 18 heavy (non-hydrogen) atoms. The van der Waals surface area contributed by atoms with Crippen molar-refractivity contribution < 1.29 is 30.7 Å². The molecule has 108 valence electrons. The van der Waals surface area contributed by atoms with E-state index in [-0.39, 0.29) is 12.8 Å². The lowest BCUT2D eigenvalue weighted by Crippen LogP contribution is -2.63. The van der Waals surface area contributed by atoms with E-state index in [9.17, 15) is 30.7 Å². The van der Waals surface area contributed by atoms with Crippen molar-refractivity contribution in [3.8, 4) is 0 Å². The van der Waals surface area contributed by atoms with Gasteiger partial charge in [0.25, 0.3) is 0 Å². The highest BCUT2D eigenvalue weighted by Gasteiger charge is 2.78. The van der Waals surface area contributed by atoms with Gasteiger partial charge in [0.05, 0.1) is 5.41 Å². The van der Waals surface area contributed by atoms with Crippen molar-refractivity contribution in [1.82, 2.24) is 0 Å². The molecule has 8 heteroatoms. The molecule has 0 bridgehead atoms. The van der Waals surface area contributed by atoms with Gasteiger partial charge in [-0.25, -0.2) is 0 Å². The van der Waals surface area contributed by atoms with E-state index in [4.69, 9.17) is 5.73 Å². The van der Waals surface area contributed by atoms with Crippen molar-refractivity contribution >= 4 is 0 Å². The summed E-state index contributed by atoms with van der Waals surface area (Å²) >= 11 is 0. The molecular formula is C10H14F7N. The highest BCUT2D eigenvalue weighted by atomic mass is 19.4. The van der Waals surface area contributed by atoms with Gasteiger partial charge >= 0.3 is 18.0 Å². The third-order valence-corrected chi connectivity index (χ3v) is 3.62. The lowest BCUT2D eigenvalue weighted by Gasteiger charge is -2.45. The zero-order chi connectivity index (χ0) is 14.2. The lowest BCUT2D eigenvalue weighted by atomic mass is 9.67. The van der Waals surface area contributed by atoms with Crippen LogP contribution in [0.1, 0.15) is 32.1 Å². The average molecular weight is 281 g/mol. The highest BCUT2D eigenvalue weighted by Crippen LogP contribution is 2.58. The first-order valence-electron chi connectivity index (χ1n) is 5.54. The SMILES string of the molecule is NCC1(C(F)(F)C(F)(F)C(F)(F)F)CCCCC1. The van der Waals surface area contributed by atoms with E-state index in [1.807, 2.05) is 0 Å². The van der Waals surface area contributed by atoms with Gasteiger partial charge in [-0.15, -0.1) is 0 Å². The van der Waals surface area contributed by atoms with Gasteiger partial charge in [0.15, 0.2) is 0 Å². The molecule has 0 aromatic heterocycles. The number of nitrogens with two attached hydrogens (primary N) is 1. The van der Waals surface area contributed by atoms with Crippen molar-refractivity contribution in [2.75, 3.05) is 6.54 Å². The fourth-order valence-corrected chi connectivity index (χ4v) is 2.39. The quantitative estimate of drug-likeness (QED) is 0.784. The minimum absolute atomic E-state index is 0.181. The van der Waals surface area contributed by atoms with Gasteiger partial charge in [-0.3, -0.25) is 0 Å². The summed E-state index contributed by atoms with van der Waals surface area (Å²) in [6, 6.07) is 0. The van der Waals surface area contributed by atoms with Crippen LogP contribution in [0.5, 0.6) is 0 Å². The molecule has 1 fully saturated rings. The minimum Gasteiger partial charge on any atom is -0.330 e. The first-order chi connectivity index (χ1) is 8.02. The van der Waals surface area contributed by atoms with Gasteiger partial charge in [0.1, 0.15) is 0 Å². The monoisotopic (exact) mass is 281 g/mol. The standard InChI is InChI=1S/C10H14F7N/c11-8(12,9(13,14)10(15,16)17)7(6-18)4-2-1-3-5-7/h1-6,18H2. The smallest absolute Gasteiger partial charge is 0.330 e. The molecule has 0 radical (unpaired) electrons. The number of hydrogen-bond donors (Lipinski definition) is 1. The topological polar surface area (TPSA) is 26.0 Å². The largest absolute Gasteiger partial charge is 0.459 e. The third-order valence-electron chi connectivity index (χ3n) is 3.62. The molecule has 0 spiro atoms. The molecular weight excluding hydrogens is 267 g/mol. The fourth-order valence-electron chi connectivity index (χ4n) is 2.39. The van der Waals surface area contributed by atoms with E-state index in [1.54, 1.807) is 0 Å². The second-order valence-corrected chi connectivity index (χ2v) is 4.69. The zero-order valence-electron chi connectivity index (χ0n) is 9.47. The van der Waals surface area contributed by atoms with E-state index in [1.165, 1.54) is 0 Å². The van der Waals surface area contributed by atoms with E-state index in [2.05, 4.69) is 0 Å². The van der Waals surface area contributed by atoms with E-state index < -0.39 is 42.8 Å². The van der Waals surface area contributed by atoms with Crippen LogP contribution in [-0.2, 0) is 0 Å². The lowest BCUT2D eigenvalue weighted by molar-refractivity contribution is -0.381. The number of alkyl halides is 7. The first-order valence-corrected chi connectivity index (χ1v) is 5.54. The Morgan fingerprint density at radius 2 is 1.28 bits per heavy atom. The molecule has 0 unspecified atom stereocenters. The molecule has 0 amide bonds. The number of rotatable bonds is 3. The molecule has 0 heterocycles. The van der Waals surface area contributed by atoms with Gasteiger partial charge in [-0.05, 0) is 12.8 Å². The Morgan fingerprint density at radius 3 is 1.61 bits per heavy atom. The Kier molecular flexibility index (Phi) is 3.92. The first kappa shape index (κ1) is 15.5. The summed E-state index contributed by atoms with van der Waals surface area (Å²) < 4.78 is 89.7. The van der Waals surface area contributed by atoms with E-state index in [0.29, 0.717) is 6.42 Å². The van der Waals surface area contributed by atoms with Gasteiger partial charge in [-0.1, -0.05) is 19.3 Å². The molecule has 0 atom stereocenters. The Balaban J connectivity index is 3.17. The molecule has 2 N–H and O–H groups in total. The second-order valence-electron chi connectivity index (χ2n) is 4.69. The summed E-state index contributed by atoms with van der Waals surface area (Å²) in [6.45, 7) is -0.883. The number of hydrogen-bond acceptors (Lipinski definition) is 1. The van der Waals surface area contributed by atoms with Crippen LogP contribution in [0.4, 0.5) is 30.7 Å². The van der Waals surface area contributed by atoms with Crippen LogP contribution in [0, 0.1) is 5.41 Å². The van der Waals surface area contributed by atoms with Crippen LogP contribution < -0.4 is 5.73 Å². The summed E-state index contributed by atoms with van der Waals surface area (Å²) in [7, 11) is 0. The molecule has 1 aliphatic carbocycles. The fraction of sp³-hybridized carbons (Fsp3) is 1.00. The predicted octanol–water partition coefficient (Wildman–Crippen LogP) is 3.73. The maximum atomic E-state index is 13.7. The molecule has 1 saturated carbocycles.